The molecule has 2 aliphatic heterocycles. The van der Waals surface area contributed by atoms with Crippen LogP contribution in [0.1, 0.15) is 43.6 Å². The Morgan fingerprint density at radius 1 is 1.19 bits per heavy atom. The van der Waals surface area contributed by atoms with Crippen molar-refractivity contribution in [2.45, 2.75) is 52.0 Å². The topological polar surface area (TPSA) is 122 Å². The number of aromatic nitrogens is 3. The van der Waals surface area contributed by atoms with E-state index in [-0.39, 0.29) is 12.6 Å². The van der Waals surface area contributed by atoms with Gasteiger partial charge in [0.25, 0.3) is 5.91 Å². The van der Waals surface area contributed by atoms with E-state index >= 15 is 0 Å². The van der Waals surface area contributed by atoms with Crippen LogP contribution in [-0.2, 0) is 16.0 Å². The summed E-state index contributed by atoms with van der Waals surface area (Å²) in [5.74, 6) is -0.397. The number of anilines is 3. The molecule has 0 spiro atoms. The van der Waals surface area contributed by atoms with Crippen molar-refractivity contribution in [3.8, 4) is 11.3 Å². The number of fused-ring (bicyclic) bond motifs is 2. The Morgan fingerprint density at radius 3 is 2.72 bits per heavy atom. The summed E-state index contributed by atoms with van der Waals surface area (Å²) in [4.78, 5) is 38.9. The van der Waals surface area contributed by atoms with Crippen LogP contribution in [0.4, 0.5) is 26.4 Å². The Balaban J connectivity index is 1.34. The maximum absolute atomic E-state index is 13.8. The zero-order chi connectivity index (χ0) is 30.5. The minimum atomic E-state index is -0.789. The van der Waals surface area contributed by atoms with Gasteiger partial charge in [-0.1, -0.05) is 6.07 Å². The van der Waals surface area contributed by atoms with Crippen molar-refractivity contribution in [2.24, 2.45) is 0 Å². The molecule has 6 rings (SSSR count). The summed E-state index contributed by atoms with van der Waals surface area (Å²) < 4.78 is 26.8. The number of benzene rings is 1. The van der Waals surface area contributed by atoms with Crippen LogP contribution in [0.25, 0.3) is 16.9 Å². The molecule has 0 saturated carbocycles. The third kappa shape index (κ3) is 5.63. The molecular formula is C31H33FN6O5. The minimum Gasteiger partial charge on any atom is -0.443 e. The minimum absolute atomic E-state index is 0.00376. The Bertz CT molecular complexity index is 1700. The molecule has 2 N–H and O–H groups in total. The van der Waals surface area contributed by atoms with Gasteiger partial charge in [0, 0.05) is 30.9 Å². The molecule has 2 amide bonds. The average Bonchev–Trinajstić information content (AvgIpc) is 3.54. The second-order valence-corrected chi connectivity index (χ2v) is 11.7. The standard InChI is InChI=1S/C31H33FN6O5/c1-18(39)25-17-36(11-12-42-25)20-5-8-26(33-14-20)35-23-7-6-21(24-15-34-27-13-19(32)9-10-37(24)27)22-16-38(29(40)28(22)23)30(41)43-31(2,3)4/h5-10,13-15,18,25,39H,11-12,16-17H2,1-4H3,(H,33,35)/t18?,25-/m0/s1. The molecule has 1 aromatic carbocycles. The number of aliphatic hydroxyl groups is 1. The smallest absolute Gasteiger partial charge is 0.417 e. The molecule has 224 valence electrons. The van der Waals surface area contributed by atoms with Crippen molar-refractivity contribution in [2.75, 3.05) is 29.9 Å². The number of ether oxygens (including phenoxy) is 2. The van der Waals surface area contributed by atoms with E-state index in [9.17, 15) is 19.1 Å². The number of carbonyl (C=O) groups is 2. The van der Waals surface area contributed by atoms with Crippen LogP contribution >= 0.6 is 0 Å². The van der Waals surface area contributed by atoms with E-state index in [2.05, 4.69) is 20.2 Å². The molecule has 0 bridgehead atoms. The number of hydrogen-bond donors (Lipinski definition) is 2. The van der Waals surface area contributed by atoms with E-state index in [0.29, 0.717) is 59.2 Å². The zero-order valence-corrected chi connectivity index (χ0v) is 24.4. The average molecular weight is 589 g/mol. The van der Waals surface area contributed by atoms with Crippen LogP contribution in [0.5, 0.6) is 0 Å². The van der Waals surface area contributed by atoms with Gasteiger partial charge in [-0.05, 0) is 57.5 Å². The monoisotopic (exact) mass is 588 g/mol. The number of imidazole rings is 1. The molecule has 11 nitrogen and oxygen atoms in total. The Hall–Kier alpha value is -4.55. The first kappa shape index (κ1) is 28.6. The van der Waals surface area contributed by atoms with E-state index in [1.54, 1.807) is 56.8 Å². The SMILES string of the molecule is CC(O)[C@@H]1CN(c2ccc(Nc3ccc(-c4cnc5cc(F)ccn45)c4c3C(=O)N(C(=O)OC(C)(C)C)C4)nc2)CCO1. The van der Waals surface area contributed by atoms with Crippen LogP contribution in [0.3, 0.4) is 0 Å². The van der Waals surface area contributed by atoms with E-state index in [0.717, 1.165) is 10.6 Å². The lowest BCUT2D eigenvalue weighted by Crippen LogP contribution is -2.47. The van der Waals surface area contributed by atoms with Crippen molar-refractivity contribution in [1.29, 1.82) is 0 Å². The van der Waals surface area contributed by atoms with Crippen LogP contribution in [0.2, 0.25) is 0 Å². The third-order valence-corrected chi connectivity index (χ3v) is 7.46. The summed E-state index contributed by atoms with van der Waals surface area (Å²) in [5.41, 5.74) is 3.27. The Labute approximate surface area is 247 Å². The number of morpholine rings is 1. The van der Waals surface area contributed by atoms with Crippen molar-refractivity contribution < 1.29 is 28.6 Å². The number of hydrogen-bond acceptors (Lipinski definition) is 9. The maximum atomic E-state index is 13.8. The molecule has 1 fully saturated rings. The Morgan fingerprint density at radius 2 is 2.00 bits per heavy atom. The predicted octanol–water partition coefficient (Wildman–Crippen LogP) is 4.76. The van der Waals surface area contributed by atoms with E-state index < -0.39 is 29.5 Å². The summed E-state index contributed by atoms with van der Waals surface area (Å²) in [7, 11) is 0. The number of imide groups is 1. The third-order valence-electron chi connectivity index (χ3n) is 7.46. The fourth-order valence-electron chi connectivity index (χ4n) is 5.37. The van der Waals surface area contributed by atoms with Crippen LogP contribution in [-0.4, -0.2) is 73.9 Å². The number of nitrogens with one attached hydrogen (secondary N) is 1. The van der Waals surface area contributed by atoms with Crippen LogP contribution < -0.4 is 10.2 Å². The lowest BCUT2D eigenvalue weighted by molar-refractivity contribution is -0.0364. The van der Waals surface area contributed by atoms with Gasteiger partial charge in [-0.2, -0.15) is 0 Å². The number of carbonyl (C=O) groups excluding carboxylic acids is 2. The van der Waals surface area contributed by atoms with E-state index in [4.69, 9.17) is 9.47 Å². The van der Waals surface area contributed by atoms with Crippen molar-refractivity contribution in [1.82, 2.24) is 19.3 Å². The van der Waals surface area contributed by atoms with Crippen molar-refractivity contribution >= 4 is 34.8 Å². The molecule has 1 saturated heterocycles. The second-order valence-electron chi connectivity index (χ2n) is 11.7. The normalized spacial score (nSPS) is 17.7. The van der Waals surface area contributed by atoms with Gasteiger partial charge in [0.05, 0.1) is 54.3 Å². The molecule has 12 heteroatoms. The predicted molar refractivity (Wildman–Crippen MR) is 158 cm³/mol. The van der Waals surface area contributed by atoms with Gasteiger partial charge in [0.1, 0.15) is 29.0 Å². The first-order chi connectivity index (χ1) is 20.5. The number of amides is 2. The molecule has 1 unspecified atom stereocenters. The fourth-order valence-corrected chi connectivity index (χ4v) is 5.37. The number of nitrogens with zero attached hydrogens (tertiary/aromatic N) is 5. The van der Waals surface area contributed by atoms with Gasteiger partial charge < -0.3 is 24.8 Å². The van der Waals surface area contributed by atoms with Gasteiger partial charge in [-0.15, -0.1) is 0 Å². The van der Waals surface area contributed by atoms with E-state index in [1.807, 2.05) is 18.2 Å². The van der Waals surface area contributed by atoms with Gasteiger partial charge >= 0.3 is 6.09 Å². The quantitative estimate of drug-likeness (QED) is 0.340. The molecule has 43 heavy (non-hydrogen) atoms. The summed E-state index contributed by atoms with van der Waals surface area (Å²) in [6, 6.07) is 10.0. The molecule has 5 heterocycles. The molecular weight excluding hydrogens is 555 g/mol. The molecule has 2 atom stereocenters. The highest BCUT2D eigenvalue weighted by Crippen LogP contribution is 2.39. The lowest BCUT2D eigenvalue weighted by atomic mass is 9.99. The first-order valence-electron chi connectivity index (χ1n) is 14.1. The lowest BCUT2D eigenvalue weighted by Gasteiger charge is -2.35. The van der Waals surface area contributed by atoms with E-state index in [1.165, 1.54) is 12.1 Å². The summed E-state index contributed by atoms with van der Waals surface area (Å²) in [5, 5.41) is 13.2. The molecule has 3 aromatic heterocycles. The van der Waals surface area contributed by atoms with Crippen molar-refractivity contribution in [3.05, 3.63) is 71.9 Å². The van der Waals surface area contributed by atoms with Gasteiger partial charge in [0.2, 0.25) is 0 Å². The first-order valence-corrected chi connectivity index (χ1v) is 14.1. The Kier molecular flexibility index (Phi) is 7.26. The number of pyridine rings is 2. The number of halogens is 1. The molecule has 2 aliphatic rings. The maximum Gasteiger partial charge on any atom is 0.417 e. The molecule has 0 aliphatic carbocycles. The van der Waals surface area contributed by atoms with Crippen LogP contribution in [0.15, 0.2) is 55.0 Å². The highest BCUT2D eigenvalue weighted by molar-refractivity contribution is 6.11. The number of aliphatic hydroxyl groups excluding tert-OH is 1. The fraction of sp³-hybridized carbons (Fsp3) is 0.355. The number of rotatable bonds is 5. The summed E-state index contributed by atoms with van der Waals surface area (Å²) in [6.45, 7) is 8.66. The molecule has 4 aromatic rings. The van der Waals surface area contributed by atoms with Crippen molar-refractivity contribution in [3.63, 3.8) is 0 Å². The summed E-state index contributed by atoms with van der Waals surface area (Å²) >= 11 is 0. The second kappa shape index (κ2) is 10.9. The largest absolute Gasteiger partial charge is 0.443 e. The summed E-state index contributed by atoms with van der Waals surface area (Å²) in [6.07, 6.45) is 3.33. The van der Waals surface area contributed by atoms with Gasteiger partial charge in [-0.25, -0.2) is 24.1 Å². The van der Waals surface area contributed by atoms with Gasteiger partial charge in [0.15, 0.2) is 0 Å². The molecule has 0 radical (unpaired) electrons. The van der Waals surface area contributed by atoms with Gasteiger partial charge in [-0.3, -0.25) is 9.20 Å². The van der Waals surface area contributed by atoms with Crippen LogP contribution in [0, 0.1) is 5.82 Å². The highest BCUT2D eigenvalue weighted by Gasteiger charge is 2.39. The highest BCUT2D eigenvalue weighted by atomic mass is 19.1. The zero-order valence-electron chi connectivity index (χ0n) is 24.4.